The van der Waals surface area contributed by atoms with E-state index in [4.69, 9.17) is 14.2 Å². The zero-order valence-corrected chi connectivity index (χ0v) is 13.8. The van der Waals surface area contributed by atoms with Gasteiger partial charge >= 0.3 is 5.97 Å². The lowest BCUT2D eigenvalue weighted by Gasteiger charge is -2.13. The monoisotopic (exact) mass is 321 g/mol. The molecule has 0 unspecified atom stereocenters. The summed E-state index contributed by atoms with van der Waals surface area (Å²) in [6.45, 7) is 4.38. The van der Waals surface area contributed by atoms with Gasteiger partial charge in [-0.3, -0.25) is 4.79 Å². The maximum Gasteiger partial charge on any atom is 0.338 e. The molecule has 0 aliphatic heterocycles. The zero-order chi connectivity index (χ0) is 16.8. The van der Waals surface area contributed by atoms with Crippen LogP contribution in [0, 0.1) is 5.92 Å². The number of benzene rings is 1. The molecule has 1 aliphatic carbocycles. The van der Waals surface area contributed by atoms with Crippen LogP contribution in [0.1, 0.15) is 37.0 Å². The van der Waals surface area contributed by atoms with Gasteiger partial charge in [-0.2, -0.15) is 0 Å². The minimum Gasteiger partial charge on any atom is -0.493 e. The van der Waals surface area contributed by atoms with Crippen molar-refractivity contribution in [1.29, 1.82) is 0 Å². The molecule has 6 heteroatoms. The summed E-state index contributed by atoms with van der Waals surface area (Å²) < 4.78 is 15.9. The van der Waals surface area contributed by atoms with Gasteiger partial charge in [0.15, 0.2) is 18.1 Å². The first-order chi connectivity index (χ1) is 11.0. The van der Waals surface area contributed by atoms with Crippen LogP contribution in [0.3, 0.4) is 0 Å². The van der Waals surface area contributed by atoms with E-state index < -0.39 is 5.97 Å². The molecule has 1 N–H and O–H groups in total. The number of ether oxygens (including phenoxy) is 3. The van der Waals surface area contributed by atoms with Crippen molar-refractivity contribution in [2.45, 2.75) is 32.7 Å². The van der Waals surface area contributed by atoms with E-state index in [9.17, 15) is 9.59 Å². The summed E-state index contributed by atoms with van der Waals surface area (Å²) in [5.74, 6) is 0.579. The number of hydrogen-bond acceptors (Lipinski definition) is 5. The second-order valence-electron chi connectivity index (χ2n) is 5.99. The van der Waals surface area contributed by atoms with Crippen LogP contribution in [0.2, 0.25) is 0 Å². The lowest BCUT2D eigenvalue weighted by molar-refractivity contribution is -0.124. The van der Waals surface area contributed by atoms with Crippen molar-refractivity contribution in [1.82, 2.24) is 5.32 Å². The summed E-state index contributed by atoms with van der Waals surface area (Å²) in [7, 11) is 1.51. The number of methoxy groups -OCH3 is 1. The minimum atomic E-state index is -0.565. The Hall–Kier alpha value is -2.24. The molecule has 0 heterocycles. The summed E-state index contributed by atoms with van der Waals surface area (Å²) in [6.07, 6.45) is 1.99. The highest BCUT2D eigenvalue weighted by atomic mass is 16.5. The number of amides is 1. The van der Waals surface area contributed by atoms with Crippen LogP contribution in [0.5, 0.6) is 11.5 Å². The average Bonchev–Trinajstić information content (AvgIpc) is 3.34. The topological polar surface area (TPSA) is 73.9 Å². The van der Waals surface area contributed by atoms with Crippen molar-refractivity contribution >= 4 is 11.9 Å². The maximum atomic E-state index is 12.0. The third-order valence-electron chi connectivity index (χ3n) is 3.25. The Morgan fingerprint density at radius 2 is 2.00 bits per heavy atom. The molecule has 1 aromatic carbocycles. The molecule has 23 heavy (non-hydrogen) atoms. The summed E-state index contributed by atoms with van der Waals surface area (Å²) in [6, 6.07) is 5.07. The Labute approximate surface area is 136 Å². The number of esters is 1. The van der Waals surface area contributed by atoms with Gasteiger partial charge in [-0.25, -0.2) is 4.79 Å². The van der Waals surface area contributed by atoms with E-state index in [1.54, 1.807) is 18.2 Å². The SMILES string of the molecule is COc1cc(C(=O)OCC(=O)NC2CC2)ccc1OCC(C)C. The molecule has 1 amide bonds. The van der Waals surface area contributed by atoms with E-state index in [1.165, 1.54) is 7.11 Å². The molecule has 0 aromatic heterocycles. The molecule has 0 atom stereocenters. The van der Waals surface area contributed by atoms with Crippen molar-refractivity contribution in [2.24, 2.45) is 5.92 Å². The maximum absolute atomic E-state index is 12.0. The number of nitrogens with one attached hydrogen (secondary N) is 1. The Bertz CT molecular complexity index is 566. The van der Waals surface area contributed by atoms with E-state index in [0.717, 1.165) is 12.8 Å². The van der Waals surface area contributed by atoms with E-state index >= 15 is 0 Å². The van der Waals surface area contributed by atoms with Gasteiger partial charge in [-0.1, -0.05) is 13.8 Å². The zero-order valence-electron chi connectivity index (χ0n) is 13.8. The van der Waals surface area contributed by atoms with Gasteiger partial charge in [0, 0.05) is 6.04 Å². The van der Waals surface area contributed by atoms with Gasteiger partial charge in [0.2, 0.25) is 0 Å². The molecule has 1 aromatic rings. The van der Waals surface area contributed by atoms with Gasteiger partial charge < -0.3 is 19.5 Å². The lowest BCUT2D eigenvalue weighted by Crippen LogP contribution is -2.30. The summed E-state index contributed by atoms with van der Waals surface area (Å²) in [5, 5.41) is 2.76. The first-order valence-electron chi connectivity index (χ1n) is 7.77. The predicted molar refractivity (Wildman–Crippen MR) is 84.8 cm³/mol. The molecule has 1 aliphatic rings. The van der Waals surface area contributed by atoms with Crippen molar-refractivity contribution in [2.75, 3.05) is 20.3 Å². The van der Waals surface area contributed by atoms with Gasteiger partial charge in [0.05, 0.1) is 19.3 Å². The third-order valence-corrected chi connectivity index (χ3v) is 3.25. The quantitative estimate of drug-likeness (QED) is 0.743. The van der Waals surface area contributed by atoms with Gasteiger partial charge in [0.1, 0.15) is 0 Å². The second kappa shape index (κ2) is 7.85. The number of rotatable bonds is 8. The molecular formula is C17H23NO5. The molecule has 2 rings (SSSR count). The van der Waals surface area contributed by atoms with Crippen LogP contribution in [0.15, 0.2) is 18.2 Å². The van der Waals surface area contributed by atoms with Crippen LogP contribution in [-0.2, 0) is 9.53 Å². The highest BCUT2D eigenvalue weighted by molar-refractivity contribution is 5.92. The molecule has 1 fully saturated rings. The van der Waals surface area contributed by atoms with Crippen LogP contribution >= 0.6 is 0 Å². The van der Waals surface area contributed by atoms with E-state index in [-0.39, 0.29) is 18.6 Å². The Balaban J connectivity index is 1.92. The first kappa shape index (κ1) is 17.1. The standard InChI is InChI=1S/C17H23NO5/c1-11(2)9-22-14-7-4-12(8-15(14)21-3)17(20)23-10-16(19)18-13-5-6-13/h4,7-8,11,13H,5-6,9-10H2,1-3H3,(H,18,19). The van der Waals surface area contributed by atoms with Crippen molar-refractivity contribution in [3.63, 3.8) is 0 Å². The van der Waals surface area contributed by atoms with Crippen LogP contribution < -0.4 is 14.8 Å². The van der Waals surface area contributed by atoms with Gasteiger partial charge in [0.25, 0.3) is 5.91 Å². The molecule has 0 bridgehead atoms. The molecule has 0 saturated heterocycles. The Morgan fingerprint density at radius 1 is 1.26 bits per heavy atom. The normalized spacial score (nSPS) is 13.6. The minimum absolute atomic E-state index is 0.249. The van der Waals surface area contributed by atoms with Crippen LogP contribution in [0.25, 0.3) is 0 Å². The van der Waals surface area contributed by atoms with Crippen molar-refractivity contribution in [3.8, 4) is 11.5 Å². The second-order valence-corrected chi connectivity index (χ2v) is 5.99. The molecular weight excluding hydrogens is 298 g/mol. The van der Waals surface area contributed by atoms with E-state index in [0.29, 0.717) is 29.6 Å². The van der Waals surface area contributed by atoms with Crippen LogP contribution in [-0.4, -0.2) is 38.2 Å². The number of carbonyl (C=O) groups is 2. The molecule has 0 radical (unpaired) electrons. The van der Waals surface area contributed by atoms with Crippen molar-refractivity contribution < 1.29 is 23.8 Å². The summed E-state index contributed by atoms with van der Waals surface area (Å²) >= 11 is 0. The molecule has 6 nitrogen and oxygen atoms in total. The highest BCUT2D eigenvalue weighted by Crippen LogP contribution is 2.28. The third kappa shape index (κ3) is 5.47. The molecule has 126 valence electrons. The first-order valence-corrected chi connectivity index (χ1v) is 7.77. The van der Waals surface area contributed by atoms with E-state index in [1.807, 2.05) is 13.8 Å². The fraction of sp³-hybridized carbons (Fsp3) is 0.529. The number of carbonyl (C=O) groups excluding carboxylic acids is 2. The predicted octanol–water partition coefficient (Wildman–Crippen LogP) is 2.17. The molecule has 0 spiro atoms. The van der Waals surface area contributed by atoms with Gasteiger partial charge in [-0.05, 0) is 37.0 Å². The number of hydrogen-bond donors (Lipinski definition) is 1. The molecule has 1 saturated carbocycles. The lowest BCUT2D eigenvalue weighted by atomic mass is 10.2. The highest BCUT2D eigenvalue weighted by Gasteiger charge is 2.23. The summed E-state index contributed by atoms with van der Waals surface area (Å²) in [5.41, 5.74) is 0.318. The summed E-state index contributed by atoms with van der Waals surface area (Å²) in [4.78, 5) is 23.5. The largest absolute Gasteiger partial charge is 0.493 e. The fourth-order valence-electron chi connectivity index (χ4n) is 1.88. The average molecular weight is 321 g/mol. The van der Waals surface area contributed by atoms with Crippen LogP contribution in [0.4, 0.5) is 0 Å². The van der Waals surface area contributed by atoms with Crippen molar-refractivity contribution in [3.05, 3.63) is 23.8 Å². The Kier molecular flexibility index (Phi) is 5.84. The van der Waals surface area contributed by atoms with Gasteiger partial charge in [-0.15, -0.1) is 0 Å². The Morgan fingerprint density at radius 3 is 2.61 bits per heavy atom. The fourth-order valence-corrected chi connectivity index (χ4v) is 1.88. The smallest absolute Gasteiger partial charge is 0.338 e. The van der Waals surface area contributed by atoms with E-state index in [2.05, 4.69) is 5.32 Å².